The molecular weight excluding hydrogens is 256 g/mol. The monoisotopic (exact) mass is 274 g/mol. The van der Waals surface area contributed by atoms with E-state index in [-0.39, 0.29) is 18.2 Å². The van der Waals surface area contributed by atoms with Crippen molar-refractivity contribution < 1.29 is 19.4 Å². The minimum Gasteiger partial charge on any atom is -0.480 e. The average Bonchev–Trinajstić information content (AvgIpc) is 2.32. The molecule has 2 aliphatic rings. The second-order valence-corrected chi connectivity index (χ2v) is 5.75. The van der Waals surface area contributed by atoms with Gasteiger partial charge >= 0.3 is 12.0 Å². The lowest BCUT2D eigenvalue weighted by atomic mass is 9.89. The number of methoxy groups -OCH3 is 1. The Labute approximate surface area is 110 Å². The highest BCUT2D eigenvalue weighted by Gasteiger charge is 2.36. The van der Waals surface area contributed by atoms with E-state index in [1.54, 1.807) is 18.9 Å². The molecule has 0 radical (unpaired) electrons. The highest BCUT2D eigenvalue weighted by atomic mass is 32.2. The van der Waals surface area contributed by atoms with Crippen LogP contribution < -0.4 is 5.32 Å². The van der Waals surface area contributed by atoms with E-state index in [1.807, 2.05) is 0 Å². The molecule has 6 nitrogen and oxygen atoms in total. The fourth-order valence-corrected chi connectivity index (χ4v) is 3.22. The van der Waals surface area contributed by atoms with Crippen LogP contribution in [-0.2, 0) is 9.53 Å². The van der Waals surface area contributed by atoms with E-state index in [4.69, 9.17) is 9.84 Å². The van der Waals surface area contributed by atoms with Gasteiger partial charge in [-0.2, -0.15) is 11.8 Å². The zero-order chi connectivity index (χ0) is 13.1. The number of carboxylic acids is 1. The first kappa shape index (κ1) is 13.5. The maximum Gasteiger partial charge on any atom is 0.327 e. The number of aliphatic carboxylic acids is 1. The number of urea groups is 1. The van der Waals surface area contributed by atoms with Gasteiger partial charge in [-0.1, -0.05) is 0 Å². The number of nitrogens with zero attached hydrogens (tertiary/aromatic N) is 1. The molecule has 102 valence electrons. The van der Waals surface area contributed by atoms with Crippen LogP contribution in [0.2, 0.25) is 0 Å². The van der Waals surface area contributed by atoms with Crippen LogP contribution in [0.4, 0.5) is 4.79 Å². The molecule has 0 aromatic heterocycles. The molecule has 1 aliphatic carbocycles. The zero-order valence-corrected chi connectivity index (χ0v) is 11.1. The van der Waals surface area contributed by atoms with E-state index in [9.17, 15) is 9.59 Å². The molecule has 1 heterocycles. The van der Waals surface area contributed by atoms with Crippen molar-refractivity contribution in [3.63, 3.8) is 0 Å². The van der Waals surface area contributed by atoms with Crippen LogP contribution in [0.25, 0.3) is 0 Å². The van der Waals surface area contributed by atoms with Gasteiger partial charge in [0, 0.05) is 31.2 Å². The molecule has 0 aromatic carbocycles. The summed E-state index contributed by atoms with van der Waals surface area (Å²) < 4.78 is 5.14. The van der Waals surface area contributed by atoms with Crippen LogP contribution in [0, 0.1) is 0 Å². The third-order valence-corrected chi connectivity index (χ3v) is 4.45. The van der Waals surface area contributed by atoms with Crippen molar-refractivity contribution in [2.45, 2.75) is 31.0 Å². The smallest absolute Gasteiger partial charge is 0.327 e. The second kappa shape index (κ2) is 5.79. The number of carbonyl (C=O) groups is 2. The predicted octanol–water partition coefficient (Wildman–Crippen LogP) is 0.375. The maximum atomic E-state index is 12.0. The number of hydrogen-bond donors (Lipinski definition) is 2. The molecule has 7 heteroatoms. The van der Waals surface area contributed by atoms with E-state index in [0.29, 0.717) is 12.3 Å². The summed E-state index contributed by atoms with van der Waals surface area (Å²) in [6.07, 6.45) is 1.84. The Morgan fingerprint density at radius 1 is 1.44 bits per heavy atom. The van der Waals surface area contributed by atoms with Crippen molar-refractivity contribution >= 4 is 23.8 Å². The number of hydrogen-bond acceptors (Lipinski definition) is 4. The molecule has 1 unspecified atom stereocenters. The number of carbonyl (C=O) groups excluding carboxylic acids is 1. The largest absolute Gasteiger partial charge is 0.480 e. The van der Waals surface area contributed by atoms with Crippen molar-refractivity contribution in [3.05, 3.63) is 0 Å². The summed E-state index contributed by atoms with van der Waals surface area (Å²) in [5, 5.41) is 12.0. The molecule has 0 bridgehead atoms. The topological polar surface area (TPSA) is 78.9 Å². The number of nitrogens with one attached hydrogen (secondary N) is 1. The minimum absolute atomic E-state index is 0.117. The number of thioether (sulfide) groups is 1. The van der Waals surface area contributed by atoms with Crippen LogP contribution in [0.1, 0.15) is 12.8 Å². The highest BCUT2D eigenvalue weighted by Crippen LogP contribution is 2.23. The summed E-state index contributed by atoms with van der Waals surface area (Å²) >= 11 is 1.57. The van der Waals surface area contributed by atoms with E-state index in [2.05, 4.69) is 5.32 Å². The van der Waals surface area contributed by atoms with Gasteiger partial charge in [-0.05, 0) is 12.8 Å². The van der Waals surface area contributed by atoms with Crippen LogP contribution in [0.5, 0.6) is 0 Å². The Hall–Kier alpha value is -0.950. The van der Waals surface area contributed by atoms with Gasteiger partial charge in [-0.15, -0.1) is 0 Å². The van der Waals surface area contributed by atoms with Gasteiger partial charge in [-0.25, -0.2) is 9.59 Å². The number of ether oxygens (including phenoxy) is 1. The lowest BCUT2D eigenvalue weighted by Crippen LogP contribution is -2.58. The van der Waals surface area contributed by atoms with Gasteiger partial charge < -0.3 is 20.1 Å². The number of rotatable bonds is 3. The summed E-state index contributed by atoms with van der Waals surface area (Å²) in [6, 6.07) is -0.851. The first-order chi connectivity index (χ1) is 8.61. The summed E-state index contributed by atoms with van der Waals surface area (Å²) in [4.78, 5) is 24.5. The number of amides is 2. The molecule has 0 spiro atoms. The maximum absolute atomic E-state index is 12.0. The SMILES string of the molecule is COC1CC(NC(=O)N2CCSCC2C(=O)O)C1. The van der Waals surface area contributed by atoms with Crippen molar-refractivity contribution in [2.75, 3.05) is 25.2 Å². The molecule has 2 rings (SSSR count). The zero-order valence-electron chi connectivity index (χ0n) is 10.3. The van der Waals surface area contributed by atoms with Crippen molar-refractivity contribution in [1.29, 1.82) is 0 Å². The number of carboxylic acid groups (broad SMARTS) is 1. The molecule has 1 saturated heterocycles. The van der Waals surface area contributed by atoms with E-state index in [1.165, 1.54) is 4.90 Å². The Balaban J connectivity index is 1.85. The summed E-state index contributed by atoms with van der Waals surface area (Å²) in [5.41, 5.74) is 0. The van der Waals surface area contributed by atoms with E-state index >= 15 is 0 Å². The van der Waals surface area contributed by atoms with Crippen LogP contribution >= 0.6 is 11.8 Å². The predicted molar refractivity (Wildman–Crippen MR) is 67.8 cm³/mol. The average molecular weight is 274 g/mol. The molecule has 1 aliphatic heterocycles. The van der Waals surface area contributed by atoms with Crippen molar-refractivity contribution in [1.82, 2.24) is 10.2 Å². The molecule has 18 heavy (non-hydrogen) atoms. The third-order valence-electron chi connectivity index (χ3n) is 3.43. The van der Waals surface area contributed by atoms with Crippen LogP contribution in [-0.4, -0.2) is 65.4 Å². The van der Waals surface area contributed by atoms with Crippen molar-refractivity contribution in [3.8, 4) is 0 Å². The van der Waals surface area contributed by atoms with Gasteiger partial charge in [0.2, 0.25) is 0 Å². The fourth-order valence-electron chi connectivity index (χ4n) is 2.18. The summed E-state index contributed by atoms with van der Waals surface area (Å²) in [6.45, 7) is 0.494. The second-order valence-electron chi connectivity index (χ2n) is 4.60. The standard InChI is InChI=1S/C11H18N2O4S/c1-17-8-4-7(5-8)12-11(16)13-2-3-18-6-9(13)10(14)15/h7-9H,2-6H2,1H3,(H,12,16)(H,14,15). The van der Waals surface area contributed by atoms with Gasteiger partial charge in [0.1, 0.15) is 6.04 Å². The lowest BCUT2D eigenvalue weighted by molar-refractivity contribution is -0.141. The molecule has 2 fully saturated rings. The quantitative estimate of drug-likeness (QED) is 0.777. The van der Waals surface area contributed by atoms with Crippen LogP contribution in [0.3, 0.4) is 0 Å². The Morgan fingerprint density at radius 2 is 2.17 bits per heavy atom. The molecule has 0 aromatic rings. The lowest BCUT2D eigenvalue weighted by Gasteiger charge is -2.38. The first-order valence-electron chi connectivity index (χ1n) is 6.02. The summed E-state index contributed by atoms with van der Waals surface area (Å²) in [5.74, 6) is 0.331. The fraction of sp³-hybridized carbons (Fsp3) is 0.818. The van der Waals surface area contributed by atoms with E-state index < -0.39 is 12.0 Å². The van der Waals surface area contributed by atoms with Gasteiger partial charge in [0.05, 0.1) is 6.10 Å². The van der Waals surface area contributed by atoms with E-state index in [0.717, 1.165) is 18.6 Å². The molecule has 2 N–H and O–H groups in total. The van der Waals surface area contributed by atoms with Gasteiger partial charge in [0.25, 0.3) is 0 Å². The van der Waals surface area contributed by atoms with Crippen LogP contribution in [0.15, 0.2) is 0 Å². The Morgan fingerprint density at radius 3 is 2.78 bits per heavy atom. The molecule has 1 atom stereocenters. The molecule has 1 saturated carbocycles. The highest BCUT2D eigenvalue weighted by molar-refractivity contribution is 7.99. The normalized spacial score (nSPS) is 31.6. The first-order valence-corrected chi connectivity index (χ1v) is 7.17. The molecule has 2 amide bonds. The van der Waals surface area contributed by atoms with Crippen molar-refractivity contribution in [2.24, 2.45) is 0 Å². The molecular formula is C11H18N2O4S. The van der Waals surface area contributed by atoms with Gasteiger partial charge in [0.15, 0.2) is 0 Å². The minimum atomic E-state index is -0.930. The summed E-state index contributed by atoms with van der Waals surface area (Å²) in [7, 11) is 1.66. The van der Waals surface area contributed by atoms with Gasteiger partial charge in [-0.3, -0.25) is 0 Å². The third kappa shape index (κ3) is 2.89. The Kier molecular flexibility index (Phi) is 4.34. The Bertz CT molecular complexity index is 333.